The molecular formula is C11H14N4S2. The van der Waals surface area contributed by atoms with Crippen LogP contribution in [-0.2, 0) is 13.6 Å². The highest BCUT2D eigenvalue weighted by molar-refractivity contribution is 7.99. The first-order chi connectivity index (χ1) is 8.26. The lowest BCUT2D eigenvalue weighted by Crippen LogP contribution is -2.01. The molecule has 0 saturated heterocycles. The molecule has 0 aliphatic carbocycles. The summed E-state index contributed by atoms with van der Waals surface area (Å²) >= 11 is 3.31. The molecule has 1 aromatic carbocycles. The molecule has 1 heterocycles. The van der Waals surface area contributed by atoms with Crippen molar-refractivity contribution in [2.75, 3.05) is 6.26 Å². The van der Waals surface area contributed by atoms with Crippen LogP contribution >= 0.6 is 23.5 Å². The molecule has 2 aromatic rings. The van der Waals surface area contributed by atoms with E-state index < -0.39 is 0 Å². The summed E-state index contributed by atoms with van der Waals surface area (Å²) in [6.45, 7) is 0.539. The first-order valence-corrected chi connectivity index (χ1v) is 7.18. The summed E-state index contributed by atoms with van der Waals surface area (Å²) in [5.41, 5.74) is 7.00. The molecule has 0 aliphatic heterocycles. The number of rotatable bonds is 4. The number of thioether (sulfide) groups is 1. The fourth-order valence-electron chi connectivity index (χ4n) is 1.51. The van der Waals surface area contributed by atoms with Gasteiger partial charge in [-0.3, -0.25) is 0 Å². The number of nitrogens with zero attached hydrogens (tertiary/aromatic N) is 3. The van der Waals surface area contributed by atoms with Crippen LogP contribution in [0.4, 0.5) is 0 Å². The zero-order chi connectivity index (χ0) is 12.3. The maximum absolute atomic E-state index is 5.82. The highest BCUT2D eigenvalue weighted by atomic mass is 32.2. The molecule has 0 amide bonds. The minimum absolute atomic E-state index is 0.539. The summed E-state index contributed by atoms with van der Waals surface area (Å²) in [6.07, 6.45) is 3.62. The third-order valence-electron chi connectivity index (χ3n) is 2.39. The molecule has 0 radical (unpaired) electrons. The van der Waals surface area contributed by atoms with Crippen molar-refractivity contribution in [1.82, 2.24) is 14.8 Å². The second-order valence-electron chi connectivity index (χ2n) is 3.41. The lowest BCUT2D eigenvalue weighted by molar-refractivity contribution is 0.685. The molecule has 6 heteroatoms. The Hall–Kier alpha value is -0.980. The number of aromatic nitrogens is 3. The van der Waals surface area contributed by atoms with Crippen LogP contribution in [-0.4, -0.2) is 21.0 Å². The maximum atomic E-state index is 5.82. The maximum Gasteiger partial charge on any atom is 0.190 e. The van der Waals surface area contributed by atoms with Gasteiger partial charge in [0.1, 0.15) is 6.33 Å². The van der Waals surface area contributed by atoms with Crippen molar-refractivity contribution in [3.63, 3.8) is 0 Å². The van der Waals surface area contributed by atoms with E-state index in [0.29, 0.717) is 6.54 Å². The molecule has 4 nitrogen and oxygen atoms in total. The summed E-state index contributed by atoms with van der Waals surface area (Å²) in [6, 6.07) is 6.21. The minimum atomic E-state index is 0.539. The van der Waals surface area contributed by atoms with Crippen LogP contribution in [0.3, 0.4) is 0 Å². The SMILES string of the molecule is CSc1cccc(Sc2ncnn2C)c1CN. The monoisotopic (exact) mass is 266 g/mol. The number of nitrogens with two attached hydrogens (primary N) is 1. The fourth-order valence-corrected chi connectivity index (χ4v) is 3.17. The third kappa shape index (κ3) is 2.65. The Balaban J connectivity index is 2.36. The normalized spacial score (nSPS) is 10.8. The van der Waals surface area contributed by atoms with Gasteiger partial charge in [-0.15, -0.1) is 11.8 Å². The van der Waals surface area contributed by atoms with Gasteiger partial charge in [-0.05, 0) is 35.7 Å². The summed E-state index contributed by atoms with van der Waals surface area (Å²) in [5, 5.41) is 4.93. The third-order valence-corrected chi connectivity index (χ3v) is 4.36. The fraction of sp³-hybridized carbons (Fsp3) is 0.273. The summed E-state index contributed by atoms with van der Waals surface area (Å²) in [7, 11) is 1.88. The second kappa shape index (κ2) is 5.57. The molecule has 0 fully saturated rings. The molecule has 2 N–H and O–H groups in total. The van der Waals surface area contributed by atoms with Gasteiger partial charge in [0.25, 0.3) is 0 Å². The van der Waals surface area contributed by atoms with Crippen LogP contribution in [0.2, 0.25) is 0 Å². The van der Waals surface area contributed by atoms with Gasteiger partial charge in [-0.1, -0.05) is 6.07 Å². The number of benzene rings is 1. The van der Waals surface area contributed by atoms with Crippen LogP contribution in [0.5, 0.6) is 0 Å². The highest BCUT2D eigenvalue weighted by Gasteiger charge is 2.10. The van der Waals surface area contributed by atoms with Gasteiger partial charge in [0, 0.05) is 23.4 Å². The Bertz CT molecular complexity index is 510. The standard InChI is InChI=1S/C11H14N4S2/c1-15-11(13-7-14-15)17-10-5-3-4-9(16-2)8(10)6-12/h3-5,7H,6,12H2,1-2H3. The van der Waals surface area contributed by atoms with Gasteiger partial charge in [0.15, 0.2) is 5.16 Å². The Morgan fingerprint density at radius 2 is 2.12 bits per heavy atom. The van der Waals surface area contributed by atoms with Gasteiger partial charge in [0.2, 0.25) is 0 Å². The van der Waals surface area contributed by atoms with Crippen molar-refractivity contribution >= 4 is 23.5 Å². The van der Waals surface area contributed by atoms with Crippen LogP contribution in [0.1, 0.15) is 5.56 Å². The summed E-state index contributed by atoms with van der Waals surface area (Å²) < 4.78 is 1.76. The molecule has 0 aliphatic rings. The van der Waals surface area contributed by atoms with Crippen LogP contribution in [0, 0.1) is 0 Å². The van der Waals surface area contributed by atoms with E-state index in [0.717, 1.165) is 10.1 Å². The molecule has 0 spiro atoms. The van der Waals surface area contributed by atoms with E-state index in [1.165, 1.54) is 10.5 Å². The Morgan fingerprint density at radius 3 is 2.71 bits per heavy atom. The lowest BCUT2D eigenvalue weighted by atomic mass is 10.2. The highest BCUT2D eigenvalue weighted by Crippen LogP contribution is 2.33. The zero-order valence-electron chi connectivity index (χ0n) is 9.75. The Labute approximate surface area is 109 Å². The first kappa shape index (κ1) is 12.5. The molecule has 0 bridgehead atoms. The van der Waals surface area contributed by atoms with Crippen molar-refractivity contribution in [1.29, 1.82) is 0 Å². The van der Waals surface area contributed by atoms with E-state index in [-0.39, 0.29) is 0 Å². The number of aryl methyl sites for hydroxylation is 1. The molecule has 0 unspecified atom stereocenters. The van der Waals surface area contributed by atoms with Crippen LogP contribution < -0.4 is 5.73 Å². The van der Waals surface area contributed by atoms with Gasteiger partial charge in [-0.25, -0.2) is 9.67 Å². The molecule has 1 aromatic heterocycles. The lowest BCUT2D eigenvalue weighted by Gasteiger charge is -2.10. The van der Waals surface area contributed by atoms with Crippen molar-refractivity contribution in [3.05, 3.63) is 30.1 Å². The predicted molar refractivity (Wildman–Crippen MR) is 71.2 cm³/mol. The van der Waals surface area contributed by atoms with E-state index in [1.807, 2.05) is 13.1 Å². The zero-order valence-corrected chi connectivity index (χ0v) is 11.4. The molecule has 0 atom stereocenters. The van der Waals surface area contributed by atoms with Crippen molar-refractivity contribution in [2.45, 2.75) is 21.5 Å². The van der Waals surface area contributed by atoms with Gasteiger partial charge in [-0.2, -0.15) is 5.10 Å². The topological polar surface area (TPSA) is 56.7 Å². The van der Waals surface area contributed by atoms with E-state index in [9.17, 15) is 0 Å². The Kier molecular flexibility index (Phi) is 4.09. The van der Waals surface area contributed by atoms with E-state index in [4.69, 9.17) is 5.73 Å². The van der Waals surface area contributed by atoms with Crippen molar-refractivity contribution < 1.29 is 0 Å². The van der Waals surface area contributed by atoms with Gasteiger partial charge in [0.05, 0.1) is 0 Å². The van der Waals surface area contributed by atoms with Crippen LogP contribution in [0.25, 0.3) is 0 Å². The quantitative estimate of drug-likeness (QED) is 0.859. The minimum Gasteiger partial charge on any atom is -0.326 e. The molecule has 2 rings (SSSR count). The number of hydrogen-bond acceptors (Lipinski definition) is 5. The predicted octanol–water partition coefficient (Wildman–Crippen LogP) is 2.15. The summed E-state index contributed by atoms with van der Waals surface area (Å²) in [5.74, 6) is 0. The van der Waals surface area contributed by atoms with Gasteiger partial charge < -0.3 is 5.73 Å². The average Bonchev–Trinajstić information content (AvgIpc) is 2.74. The van der Waals surface area contributed by atoms with Crippen LogP contribution in [0.15, 0.2) is 39.5 Å². The molecule has 0 saturated carbocycles. The first-order valence-electron chi connectivity index (χ1n) is 5.14. The van der Waals surface area contributed by atoms with Crippen molar-refractivity contribution in [2.24, 2.45) is 12.8 Å². The molecule has 17 heavy (non-hydrogen) atoms. The van der Waals surface area contributed by atoms with E-state index in [1.54, 1.807) is 34.5 Å². The average molecular weight is 266 g/mol. The second-order valence-corrected chi connectivity index (χ2v) is 5.27. The molecular weight excluding hydrogens is 252 g/mol. The smallest absolute Gasteiger partial charge is 0.190 e. The largest absolute Gasteiger partial charge is 0.326 e. The number of hydrogen-bond donors (Lipinski definition) is 1. The van der Waals surface area contributed by atoms with Crippen molar-refractivity contribution in [3.8, 4) is 0 Å². The van der Waals surface area contributed by atoms with Gasteiger partial charge >= 0.3 is 0 Å². The summed E-state index contributed by atoms with van der Waals surface area (Å²) in [4.78, 5) is 6.58. The Morgan fingerprint density at radius 1 is 1.35 bits per heavy atom. The van der Waals surface area contributed by atoms with E-state index in [2.05, 4.69) is 28.5 Å². The van der Waals surface area contributed by atoms with E-state index >= 15 is 0 Å². The molecule has 90 valence electrons.